The van der Waals surface area contributed by atoms with Gasteiger partial charge in [-0.05, 0) is 30.3 Å². The molecule has 0 unspecified atom stereocenters. The van der Waals surface area contributed by atoms with Crippen molar-refractivity contribution in [2.45, 2.75) is 0 Å². The van der Waals surface area contributed by atoms with E-state index in [9.17, 15) is 4.79 Å². The molecular weight excluding hydrogens is 216 g/mol. The summed E-state index contributed by atoms with van der Waals surface area (Å²) in [5, 5.41) is 0. The number of carbonyl (C=O) groups is 1. The Morgan fingerprint density at radius 1 is 1.00 bits per heavy atom. The lowest BCUT2D eigenvalue weighted by molar-refractivity contribution is 0.112. The molecule has 2 aromatic carbocycles. The lowest BCUT2D eigenvalue weighted by Crippen LogP contribution is -1.91. The van der Waals surface area contributed by atoms with Crippen molar-refractivity contribution in [3.8, 4) is 17.2 Å². The van der Waals surface area contributed by atoms with Gasteiger partial charge in [0.2, 0.25) is 0 Å². The summed E-state index contributed by atoms with van der Waals surface area (Å²) in [6, 6.07) is 14.5. The molecule has 0 bridgehead atoms. The molecule has 0 aliphatic rings. The predicted octanol–water partition coefficient (Wildman–Crippen LogP) is 3.30. The number of hydrogen-bond donors (Lipinski definition) is 0. The molecule has 3 heteroatoms. The fraction of sp³-hybridized carbons (Fsp3) is 0.0714. The molecule has 0 saturated heterocycles. The van der Waals surface area contributed by atoms with Crippen LogP contribution in [0.2, 0.25) is 0 Å². The third kappa shape index (κ3) is 2.64. The van der Waals surface area contributed by atoms with Crippen LogP contribution in [0.4, 0.5) is 0 Å². The van der Waals surface area contributed by atoms with Gasteiger partial charge in [-0.2, -0.15) is 0 Å². The van der Waals surface area contributed by atoms with Crippen molar-refractivity contribution in [3.63, 3.8) is 0 Å². The minimum atomic E-state index is 0.473. The van der Waals surface area contributed by atoms with Crippen LogP contribution >= 0.6 is 0 Å². The van der Waals surface area contributed by atoms with Crippen LogP contribution in [0.3, 0.4) is 0 Å². The average Bonchev–Trinajstić information content (AvgIpc) is 2.40. The van der Waals surface area contributed by atoms with Gasteiger partial charge in [-0.1, -0.05) is 18.2 Å². The molecule has 0 radical (unpaired) electrons. The van der Waals surface area contributed by atoms with Crippen molar-refractivity contribution < 1.29 is 14.3 Å². The Kier molecular flexibility index (Phi) is 3.40. The molecule has 3 nitrogen and oxygen atoms in total. The summed E-state index contributed by atoms with van der Waals surface area (Å²) < 4.78 is 10.7. The van der Waals surface area contributed by atoms with Gasteiger partial charge in [-0.15, -0.1) is 0 Å². The second kappa shape index (κ2) is 5.16. The highest BCUT2D eigenvalue weighted by molar-refractivity contribution is 5.80. The summed E-state index contributed by atoms with van der Waals surface area (Å²) in [5.74, 6) is 1.88. The first-order valence-electron chi connectivity index (χ1n) is 5.19. The highest BCUT2D eigenvalue weighted by Gasteiger charge is 2.04. The SMILES string of the molecule is COc1ccc(Oc2ccccc2)cc1C=O. The van der Waals surface area contributed by atoms with Crippen molar-refractivity contribution in [1.82, 2.24) is 0 Å². The topological polar surface area (TPSA) is 35.5 Å². The highest BCUT2D eigenvalue weighted by Crippen LogP contribution is 2.26. The molecule has 0 saturated carbocycles. The minimum Gasteiger partial charge on any atom is -0.496 e. The van der Waals surface area contributed by atoms with Gasteiger partial charge in [0.15, 0.2) is 6.29 Å². The zero-order valence-electron chi connectivity index (χ0n) is 9.42. The molecule has 86 valence electrons. The summed E-state index contributed by atoms with van der Waals surface area (Å²) in [4.78, 5) is 10.9. The minimum absolute atomic E-state index is 0.473. The monoisotopic (exact) mass is 228 g/mol. The molecular formula is C14H12O3. The van der Waals surface area contributed by atoms with E-state index in [0.717, 1.165) is 12.0 Å². The third-order valence-corrected chi connectivity index (χ3v) is 2.31. The van der Waals surface area contributed by atoms with E-state index in [2.05, 4.69) is 0 Å². The van der Waals surface area contributed by atoms with Crippen LogP contribution in [-0.2, 0) is 0 Å². The summed E-state index contributed by atoms with van der Waals surface area (Å²) in [7, 11) is 1.53. The van der Waals surface area contributed by atoms with Gasteiger partial charge < -0.3 is 9.47 Å². The lowest BCUT2D eigenvalue weighted by atomic mass is 10.2. The van der Waals surface area contributed by atoms with E-state index in [1.807, 2.05) is 30.3 Å². The van der Waals surface area contributed by atoms with Gasteiger partial charge in [0.05, 0.1) is 12.7 Å². The van der Waals surface area contributed by atoms with Crippen molar-refractivity contribution in [2.24, 2.45) is 0 Å². The van der Waals surface area contributed by atoms with Crippen molar-refractivity contribution in [3.05, 3.63) is 54.1 Å². The first-order chi connectivity index (χ1) is 8.33. The molecule has 2 aromatic rings. The zero-order chi connectivity index (χ0) is 12.1. The molecule has 0 aliphatic carbocycles. The Bertz CT molecular complexity index is 506. The van der Waals surface area contributed by atoms with Crippen molar-refractivity contribution >= 4 is 6.29 Å². The van der Waals surface area contributed by atoms with Gasteiger partial charge in [0.1, 0.15) is 17.2 Å². The number of para-hydroxylation sites is 1. The smallest absolute Gasteiger partial charge is 0.153 e. The van der Waals surface area contributed by atoms with Crippen LogP contribution in [-0.4, -0.2) is 13.4 Å². The normalized spacial score (nSPS) is 9.71. The van der Waals surface area contributed by atoms with E-state index in [4.69, 9.17) is 9.47 Å². The number of ether oxygens (including phenoxy) is 2. The lowest BCUT2D eigenvalue weighted by Gasteiger charge is -2.08. The van der Waals surface area contributed by atoms with Crippen LogP contribution < -0.4 is 9.47 Å². The second-order valence-electron chi connectivity index (χ2n) is 3.44. The molecule has 0 fully saturated rings. The van der Waals surface area contributed by atoms with Gasteiger partial charge in [-0.25, -0.2) is 0 Å². The number of hydrogen-bond acceptors (Lipinski definition) is 3. The molecule has 0 heterocycles. The standard InChI is InChI=1S/C14H12O3/c1-16-14-8-7-13(9-11(14)10-15)17-12-5-3-2-4-6-12/h2-10H,1H3. The second-order valence-corrected chi connectivity index (χ2v) is 3.44. The Hall–Kier alpha value is -2.29. The Balaban J connectivity index is 2.25. The zero-order valence-corrected chi connectivity index (χ0v) is 9.42. The maximum atomic E-state index is 10.9. The fourth-order valence-corrected chi connectivity index (χ4v) is 1.49. The van der Waals surface area contributed by atoms with Gasteiger partial charge in [0.25, 0.3) is 0 Å². The molecule has 0 N–H and O–H groups in total. The van der Waals surface area contributed by atoms with Crippen LogP contribution in [0.15, 0.2) is 48.5 Å². The van der Waals surface area contributed by atoms with Gasteiger partial charge >= 0.3 is 0 Å². The predicted molar refractivity (Wildman–Crippen MR) is 64.9 cm³/mol. The van der Waals surface area contributed by atoms with Crippen LogP contribution in [0.1, 0.15) is 10.4 Å². The van der Waals surface area contributed by atoms with E-state index in [1.165, 1.54) is 7.11 Å². The molecule has 0 amide bonds. The third-order valence-electron chi connectivity index (χ3n) is 2.31. The largest absolute Gasteiger partial charge is 0.496 e. The Morgan fingerprint density at radius 3 is 2.41 bits per heavy atom. The molecule has 0 spiro atoms. The van der Waals surface area contributed by atoms with E-state index in [-0.39, 0.29) is 0 Å². The van der Waals surface area contributed by atoms with Crippen LogP contribution in [0.5, 0.6) is 17.2 Å². The maximum Gasteiger partial charge on any atom is 0.153 e. The highest BCUT2D eigenvalue weighted by atomic mass is 16.5. The average molecular weight is 228 g/mol. The Morgan fingerprint density at radius 2 is 1.76 bits per heavy atom. The molecule has 0 aromatic heterocycles. The van der Waals surface area contributed by atoms with Crippen LogP contribution in [0, 0.1) is 0 Å². The molecule has 0 aliphatic heterocycles. The maximum absolute atomic E-state index is 10.9. The van der Waals surface area contributed by atoms with Crippen molar-refractivity contribution in [1.29, 1.82) is 0 Å². The number of carbonyl (C=O) groups excluding carboxylic acids is 1. The summed E-state index contributed by atoms with van der Waals surface area (Å²) in [6.45, 7) is 0. The summed E-state index contributed by atoms with van der Waals surface area (Å²) >= 11 is 0. The first kappa shape index (κ1) is 11.2. The molecule has 0 atom stereocenters. The van der Waals surface area contributed by atoms with Crippen molar-refractivity contribution in [2.75, 3.05) is 7.11 Å². The van der Waals surface area contributed by atoms with Gasteiger partial charge in [0, 0.05) is 0 Å². The summed E-state index contributed by atoms with van der Waals surface area (Å²) in [5.41, 5.74) is 0.473. The van der Waals surface area contributed by atoms with E-state index in [0.29, 0.717) is 17.1 Å². The van der Waals surface area contributed by atoms with E-state index >= 15 is 0 Å². The first-order valence-corrected chi connectivity index (χ1v) is 5.19. The number of benzene rings is 2. The number of methoxy groups -OCH3 is 1. The van der Waals surface area contributed by atoms with Crippen LogP contribution in [0.25, 0.3) is 0 Å². The van der Waals surface area contributed by atoms with E-state index in [1.54, 1.807) is 18.2 Å². The van der Waals surface area contributed by atoms with Gasteiger partial charge in [-0.3, -0.25) is 4.79 Å². The number of rotatable bonds is 4. The summed E-state index contributed by atoms with van der Waals surface area (Å²) in [6.07, 6.45) is 0.747. The number of aldehydes is 1. The fourth-order valence-electron chi connectivity index (χ4n) is 1.49. The molecule has 17 heavy (non-hydrogen) atoms. The van der Waals surface area contributed by atoms with E-state index < -0.39 is 0 Å². The molecule has 2 rings (SSSR count). The Labute approximate surface area is 99.6 Å². The quantitative estimate of drug-likeness (QED) is 0.753.